The zero-order valence-electron chi connectivity index (χ0n) is 13.9. The van der Waals surface area contributed by atoms with E-state index >= 15 is 0 Å². The fraction of sp³-hybridized carbons (Fsp3) is 0.562. The Hall–Kier alpha value is -1.96. The van der Waals surface area contributed by atoms with E-state index in [-0.39, 0.29) is 0 Å². The predicted molar refractivity (Wildman–Crippen MR) is 87.4 cm³/mol. The summed E-state index contributed by atoms with van der Waals surface area (Å²) in [5.41, 5.74) is -0.690. The zero-order chi connectivity index (χ0) is 17.8. The van der Waals surface area contributed by atoms with Crippen molar-refractivity contribution < 1.29 is 22.6 Å². The lowest BCUT2D eigenvalue weighted by atomic mass is 10.2. The molecule has 0 aromatic heterocycles. The molecule has 8 heteroatoms. The lowest BCUT2D eigenvalue weighted by molar-refractivity contribution is -0.137. The molecule has 0 aliphatic rings. The Balaban J connectivity index is 2.22. The van der Waals surface area contributed by atoms with Crippen LogP contribution in [-0.4, -0.2) is 45.9 Å². The molecule has 2 N–H and O–H groups in total. The standard InChI is InChI=1S/C16H24F3N3O2/c1-3-23-11-4-9-21-15(20-2)22-10-12-24-14-7-5-13(6-8-14)16(17,18)19/h5-8H,3-4,9-12H2,1-2H3,(H2,20,21,22). The Morgan fingerprint density at radius 3 is 2.33 bits per heavy atom. The molecule has 0 saturated carbocycles. The lowest BCUT2D eigenvalue weighted by Crippen LogP contribution is -2.39. The summed E-state index contributed by atoms with van der Waals surface area (Å²) in [5.74, 6) is 1.03. The lowest BCUT2D eigenvalue weighted by Gasteiger charge is -2.13. The molecule has 1 aromatic rings. The summed E-state index contributed by atoms with van der Waals surface area (Å²) < 4.78 is 48.0. The van der Waals surface area contributed by atoms with Crippen molar-refractivity contribution in [2.24, 2.45) is 4.99 Å². The first-order valence-electron chi connectivity index (χ1n) is 7.79. The molecule has 0 atom stereocenters. The molecule has 0 heterocycles. The molecule has 1 aromatic carbocycles. The fourth-order valence-electron chi connectivity index (χ4n) is 1.82. The molecule has 5 nitrogen and oxygen atoms in total. The van der Waals surface area contributed by atoms with Gasteiger partial charge >= 0.3 is 6.18 Å². The highest BCUT2D eigenvalue weighted by atomic mass is 19.4. The van der Waals surface area contributed by atoms with Gasteiger partial charge in [-0.1, -0.05) is 0 Å². The summed E-state index contributed by atoms with van der Waals surface area (Å²) in [6, 6.07) is 4.62. The number of nitrogens with one attached hydrogen (secondary N) is 2. The van der Waals surface area contributed by atoms with Crippen molar-refractivity contribution in [1.29, 1.82) is 0 Å². The maximum atomic E-state index is 12.4. The van der Waals surface area contributed by atoms with E-state index in [0.29, 0.717) is 38.1 Å². The van der Waals surface area contributed by atoms with E-state index in [1.807, 2.05) is 6.92 Å². The second-order valence-electron chi connectivity index (χ2n) is 4.85. The van der Waals surface area contributed by atoms with Crippen molar-refractivity contribution in [3.05, 3.63) is 29.8 Å². The van der Waals surface area contributed by atoms with Crippen molar-refractivity contribution in [2.75, 3.05) is 40.0 Å². The minimum atomic E-state index is -4.33. The Kier molecular flexibility index (Phi) is 8.99. The number of ether oxygens (including phenoxy) is 2. The van der Waals surface area contributed by atoms with Gasteiger partial charge < -0.3 is 20.1 Å². The molecule has 0 fully saturated rings. The molecule has 0 bridgehead atoms. The summed E-state index contributed by atoms with van der Waals surface area (Å²) in [5, 5.41) is 6.19. The van der Waals surface area contributed by atoms with E-state index in [9.17, 15) is 13.2 Å². The minimum Gasteiger partial charge on any atom is -0.492 e. The van der Waals surface area contributed by atoms with Gasteiger partial charge in [-0.2, -0.15) is 13.2 Å². The smallest absolute Gasteiger partial charge is 0.416 e. The van der Waals surface area contributed by atoms with E-state index in [1.54, 1.807) is 7.05 Å². The molecular weight excluding hydrogens is 323 g/mol. The Bertz CT molecular complexity index is 490. The molecular formula is C16H24F3N3O2. The molecule has 0 aliphatic heterocycles. The van der Waals surface area contributed by atoms with Crippen molar-refractivity contribution in [2.45, 2.75) is 19.5 Å². The fourth-order valence-corrected chi connectivity index (χ4v) is 1.82. The van der Waals surface area contributed by atoms with Gasteiger partial charge in [-0.25, -0.2) is 0 Å². The van der Waals surface area contributed by atoms with Crippen LogP contribution >= 0.6 is 0 Å². The van der Waals surface area contributed by atoms with E-state index in [1.165, 1.54) is 12.1 Å². The van der Waals surface area contributed by atoms with E-state index in [0.717, 1.165) is 25.1 Å². The van der Waals surface area contributed by atoms with Gasteiger partial charge in [-0.15, -0.1) is 0 Å². The average molecular weight is 347 g/mol. The first kappa shape index (κ1) is 20.1. The maximum absolute atomic E-state index is 12.4. The van der Waals surface area contributed by atoms with Crippen LogP contribution in [0.5, 0.6) is 5.75 Å². The number of hydrogen-bond acceptors (Lipinski definition) is 3. The van der Waals surface area contributed by atoms with Gasteiger partial charge in [0.05, 0.1) is 12.1 Å². The normalized spacial score (nSPS) is 12.1. The minimum absolute atomic E-state index is 0.311. The van der Waals surface area contributed by atoms with Crippen molar-refractivity contribution in [3.8, 4) is 5.75 Å². The summed E-state index contributed by atoms with van der Waals surface area (Å²) >= 11 is 0. The molecule has 24 heavy (non-hydrogen) atoms. The second-order valence-corrected chi connectivity index (χ2v) is 4.85. The number of benzene rings is 1. The van der Waals surface area contributed by atoms with Gasteiger partial charge in [-0.3, -0.25) is 4.99 Å². The number of guanidine groups is 1. The quantitative estimate of drug-likeness (QED) is 0.410. The van der Waals surface area contributed by atoms with Crippen LogP contribution in [0.2, 0.25) is 0 Å². The largest absolute Gasteiger partial charge is 0.492 e. The van der Waals surface area contributed by atoms with Gasteiger partial charge in [0.15, 0.2) is 5.96 Å². The zero-order valence-corrected chi connectivity index (χ0v) is 13.9. The third-order valence-corrected chi connectivity index (χ3v) is 3.03. The van der Waals surface area contributed by atoms with Crippen LogP contribution in [-0.2, 0) is 10.9 Å². The SMILES string of the molecule is CCOCCCNC(=NC)NCCOc1ccc(C(F)(F)F)cc1. The van der Waals surface area contributed by atoms with Crippen molar-refractivity contribution >= 4 is 5.96 Å². The van der Waals surface area contributed by atoms with Crippen molar-refractivity contribution in [1.82, 2.24) is 10.6 Å². The highest BCUT2D eigenvalue weighted by Crippen LogP contribution is 2.30. The van der Waals surface area contributed by atoms with Crippen LogP contribution in [0.25, 0.3) is 0 Å². The number of rotatable bonds is 9. The summed E-state index contributed by atoms with van der Waals surface area (Å²) in [4.78, 5) is 4.06. The van der Waals surface area contributed by atoms with Gasteiger partial charge in [0, 0.05) is 26.8 Å². The van der Waals surface area contributed by atoms with Crippen LogP contribution in [0.15, 0.2) is 29.3 Å². The third kappa shape index (κ3) is 8.05. The summed E-state index contributed by atoms with van der Waals surface area (Å²) in [7, 11) is 1.66. The molecule has 0 amide bonds. The van der Waals surface area contributed by atoms with E-state index in [4.69, 9.17) is 9.47 Å². The Morgan fingerprint density at radius 1 is 1.08 bits per heavy atom. The van der Waals surface area contributed by atoms with E-state index < -0.39 is 11.7 Å². The number of alkyl halides is 3. The maximum Gasteiger partial charge on any atom is 0.416 e. The van der Waals surface area contributed by atoms with E-state index in [2.05, 4.69) is 15.6 Å². The predicted octanol–water partition coefficient (Wildman–Crippen LogP) is 2.68. The first-order chi connectivity index (χ1) is 11.5. The molecule has 1 rings (SSSR count). The monoisotopic (exact) mass is 347 g/mol. The van der Waals surface area contributed by atoms with Crippen LogP contribution in [0.3, 0.4) is 0 Å². The molecule has 0 saturated heterocycles. The number of halogens is 3. The topological polar surface area (TPSA) is 54.9 Å². The first-order valence-corrected chi connectivity index (χ1v) is 7.79. The molecule has 0 unspecified atom stereocenters. The van der Waals surface area contributed by atoms with Gasteiger partial charge in [0.2, 0.25) is 0 Å². The molecule has 0 radical (unpaired) electrons. The van der Waals surface area contributed by atoms with Crippen LogP contribution in [0.1, 0.15) is 18.9 Å². The van der Waals surface area contributed by atoms with Crippen LogP contribution in [0, 0.1) is 0 Å². The molecule has 136 valence electrons. The van der Waals surface area contributed by atoms with Gasteiger partial charge in [0.1, 0.15) is 12.4 Å². The van der Waals surface area contributed by atoms with Crippen LogP contribution < -0.4 is 15.4 Å². The van der Waals surface area contributed by atoms with Gasteiger partial charge in [-0.05, 0) is 37.6 Å². The summed E-state index contributed by atoms with van der Waals surface area (Å²) in [6.45, 7) is 4.87. The van der Waals surface area contributed by atoms with Gasteiger partial charge in [0.25, 0.3) is 0 Å². The average Bonchev–Trinajstić information content (AvgIpc) is 2.56. The Morgan fingerprint density at radius 2 is 1.75 bits per heavy atom. The Labute approximate surface area is 140 Å². The molecule has 0 spiro atoms. The van der Waals surface area contributed by atoms with Crippen molar-refractivity contribution in [3.63, 3.8) is 0 Å². The summed E-state index contributed by atoms with van der Waals surface area (Å²) in [6.07, 6.45) is -3.46. The highest BCUT2D eigenvalue weighted by Gasteiger charge is 2.29. The number of aliphatic imine (C=N–C) groups is 1. The molecule has 0 aliphatic carbocycles. The van der Waals surface area contributed by atoms with Crippen LogP contribution in [0.4, 0.5) is 13.2 Å². The number of nitrogens with zero attached hydrogens (tertiary/aromatic N) is 1. The second kappa shape index (κ2) is 10.7. The highest BCUT2D eigenvalue weighted by molar-refractivity contribution is 5.79. The third-order valence-electron chi connectivity index (χ3n) is 3.03. The number of hydrogen-bond donors (Lipinski definition) is 2.